The van der Waals surface area contributed by atoms with Crippen molar-refractivity contribution in [2.45, 2.75) is 124 Å². The van der Waals surface area contributed by atoms with Crippen LogP contribution in [-0.2, 0) is 19.6 Å². The summed E-state index contributed by atoms with van der Waals surface area (Å²) < 4.78 is 39.6. The van der Waals surface area contributed by atoms with Gasteiger partial charge >= 0.3 is 5.97 Å². The summed E-state index contributed by atoms with van der Waals surface area (Å²) in [7, 11) is -3.25. The van der Waals surface area contributed by atoms with Gasteiger partial charge in [0.1, 0.15) is 6.67 Å². The Labute approximate surface area is 324 Å². The van der Waals surface area contributed by atoms with Crippen molar-refractivity contribution < 1.29 is 27.5 Å². The smallest absolute Gasteiger partial charge is 0.312 e. The molecule has 1 aliphatic heterocycles. The van der Waals surface area contributed by atoms with Crippen molar-refractivity contribution in [1.82, 2.24) is 14.5 Å². The number of carboxylic acids is 1. The summed E-state index contributed by atoms with van der Waals surface area (Å²) in [6.45, 7) is 20.6. The number of hydrogen-bond donors (Lipinski definition) is 2. The lowest BCUT2D eigenvalue weighted by atomic mass is 9.33. The maximum atomic E-state index is 14.0. The zero-order valence-electron chi connectivity index (χ0n) is 34.2. The van der Waals surface area contributed by atoms with Crippen LogP contribution in [0.2, 0.25) is 0 Å². The quantitative estimate of drug-likeness (QED) is 0.245. The number of carboxylic acid groups (broad SMARTS) is 1. The first-order valence-electron chi connectivity index (χ1n) is 21.0. The van der Waals surface area contributed by atoms with Crippen molar-refractivity contribution in [2.24, 2.45) is 56.7 Å². The van der Waals surface area contributed by atoms with Crippen molar-refractivity contribution in [3.63, 3.8) is 0 Å². The Bertz CT molecular complexity index is 1730. The van der Waals surface area contributed by atoms with E-state index in [9.17, 15) is 27.5 Å². The summed E-state index contributed by atoms with van der Waals surface area (Å²) in [5.74, 6) is 1.57. The van der Waals surface area contributed by atoms with Gasteiger partial charge in [-0.05, 0) is 146 Å². The molecule has 7 aliphatic rings. The molecule has 0 aromatic carbocycles. The number of nitrogens with zero attached hydrogens (tertiary/aromatic N) is 2. The van der Waals surface area contributed by atoms with Crippen LogP contribution in [0.5, 0.6) is 0 Å². The van der Waals surface area contributed by atoms with Crippen LogP contribution in [-0.4, -0.2) is 85.8 Å². The number of sulfonamides is 1. The molecule has 10 heteroatoms. The second kappa shape index (κ2) is 13.5. The van der Waals surface area contributed by atoms with E-state index in [0.717, 1.165) is 32.1 Å². The number of aliphatic carboxylic acids is 1. The number of halogens is 1. The van der Waals surface area contributed by atoms with Crippen LogP contribution in [0.3, 0.4) is 0 Å². The Hall–Kier alpha value is -2.04. The Morgan fingerprint density at radius 1 is 0.907 bits per heavy atom. The minimum atomic E-state index is -3.25. The molecule has 1 heterocycles. The van der Waals surface area contributed by atoms with Crippen LogP contribution in [0.4, 0.5) is 4.39 Å². The van der Waals surface area contributed by atoms with Crippen LogP contribution in [0.1, 0.15) is 119 Å². The minimum absolute atomic E-state index is 0.0526. The van der Waals surface area contributed by atoms with Gasteiger partial charge in [-0.1, -0.05) is 58.9 Å². The Morgan fingerprint density at radius 3 is 2.20 bits per heavy atom. The summed E-state index contributed by atoms with van der Waals surface area (Å²) in [6.07, 6.45) is 17.3. The Morgan fingerprint density at radius 2 is 1.61 bits per heavy atom. The number of amides is 1. The van der Waals surface area contributed by atoms with E-state index in [1.165, 1.54) is 53.0 Å². The largest absolute Gasteiger partial charge is 0.481 e. The molecule has 1 amide bonds. The van der Waals surface area contributed by atoms with Gasteiger partial charge in [-0.25, -0.2) is 12.8 Å². The van der Waals surface area contributed by atoms with Crippen molar-refractivity contribution >= 4 is 21.9 Å². The monoisotopic (exact) mass is 769 g/mol. The normalized spacial score (nSPS) is 43.5. The number of fused-ring (bicyclic) bond motifs is 7. The molecule has 4 saturated carbocycles. The number of allylic oxidation sites excluding steroid dienone is 5. The molecule has 8 nitrogen and oxygen atoms in total. The first-order chi connectivity index (χ1) is 25.2. The Kier molecular flexibility index (Phi) is 10.1. The molecule has 0 aromatic heterocycles. The van der Waals surface area contributed by atoms with Crippen molar-refractivity contribution in [2.75, 3.05) is 45.7 Å². The Balaban J connectivity index is 1.12. The van der Waals surface area contributed by atoms with Crippen molar-refractivity contribution in [1.29, 1.82) is 0 Å². The highest BCUT2D eigenvalue weighted by molar-refractivity contribution is 7.88. The van der Waals surface area contributed by atoms with Gasteiger partial charge in [-0.15, -0.1) is 0 Å². The van der Waals surface area contributed by atoms with Crippen LogP contribution >= 0.6 is 0 Å². The van der Waals surface area contributed by atoms with Gasteiger partial charge in [-0.3, -0.25) is 9.59 Å². The van der Waals surface area contributed by atoms with Gasteiger partial charge in [0.2, 0.25) is 15.9 Å². The lowest BCUT2D eigenvalue weighted by molar-refractivity contribution is -0.221. The number of nitrogens with one attached hydrogen (secondary N) is 1. The molecule has 2 N–H and O–H groups in total. The predicted octanol–water partition coefficient (Wildman–Crippen LogP) is 7.78. The number of carbonyl (C=O) groups excluding carboxylic acids is 1. The van der Waals surface area contributed by atoms with E-state index in [-0.39, 0.29) is 39.5 Å². The minimum Gasteiger partial charge on any atom is -0.481 e. The maximum Gasteiger partial charge on any atom is 0.312 e. The van der Waals surface area contributed by atoms with E-state index >= 15 is 0 Å². The SMILES string of the molecule is C=C(C)C1CC[C@]2(NCC(=O)N3CCN(S(C)(=O)=O)CC3)CC[C@]3(C)[C@H](CC[C@@H]4[C@@]5(C)CC=C(C6=CC[C@](CF)(C(=O)O)CC6)C(C)(C)[C@@H]5CC[C@]43C)[C@@H]12. The van der Waals surface area contributed by atoms with Gasteiger partial charge < -0.3 is 15.3 Å². The van der Waals surface area contributed by atoms with Crippen LogP contribution in [0, 0.1) is 56.7 Å². The summed E-state index contributed by atoms with van der Waals surface area (Å²) >= 11 is 0. The van der Waals surface area contributed by atoms with E-state index in [1.54, 1.807) is 0 Å². The van der Waals surface area contributed by atoms with E-state index in [1.807, 2.05) is 4.90 Å². The topological polar surface area (TPSA) is 107 Å². The van der Waals surface area contributed by atoms with Gasteiger partial charge in [0.15, 0.2) is 0 Å². The van der Waals surface area contributed by atoms with Gasteiger partial charge in [0, 0.05) is 31.7 Å². The highest BCUT2D eigenvalue weighted by atomic mass is 32.2. The van der Waals surface area contributed by atoms with Crippen LogP contribution in [0.25, 0.3) is 0 Å². The average Bonchev–Trinajstić information content (AvgIpc) is 3.51. The van der Waals surface area contributed by atoms with Crippen LogP contribution in [0.15, 0.2) is 35.5 Å². The molecule has 1 saturated heterocycles. The molecular formula is C44H68FN3O5S. The third kappa shape index (κ3) is 5.94. The summed E-state index contributed by atoms with van der Waals surface area (Å²) in [5, 5.41) is 13.8. The second-order valence-electron chi connectivity index (χ2n) is 20.4. The number of alkyl halides is 1. The first kappa shape index (κ1) is 40.2. The van der Waals surface area contributed by atoms with Gasteiger partial charge in [0.25, 0.3) is 0 Å². The first-order valence-corrected chi connectivity index (χ1v) is 22.9. The second-order valence-corrected chi connectivity index (χ2v) is 22.4. The molecule has 302 valence electrons. The number of rotatable bonds is 8. The van der Waals surface area contributed by atoms with Crippen LogP contribution < -0.4 is 5.32 Å². The molecule has 6 aliphatic carbocycles. The maximum absolute atomic E-state index is 14.0. The molecule has 0 spiro atoms. The lowest BCUT2D eigenvalue weighted by Gasteiger charge is -2.72. The molecule has 5 fully saturated rings. The van der Waals surface area contributed by atoms with Crippen molar-refractivity contribution in [3.8, 4) is 0 Å². The third-order valence-corrected chi connectivity index (χ3v) is 19.3. The molecule has 0 radical (unpaired) electrons. The fourth-order valence-corrected chi connectivity index (χ4v) is 15.6. The molecule has 7 rings (SSSR count). The summed E-state index contributed by atoms with van der Waals surface area (Å²) in [4.78, 5) is 27.5. The van der Waals surface area contributed by atoms with Gasteiger partial charge in [-0.2, -0.15) is 4.31 Å². The van der Waals surface area contributed by atoms with E-state index in [0.29, 0.717) is 75.2 Å². The molecule has 0 bridgehead atoms. The fourth-order valence-electron chi connectivity index (χ4n) is 14.8. The third-order valence-electron chi connectivity index (χ3n) is 18.0. The molecular weight excluding hydrogens is 702 g/mol. The number of hydrogen-bond acceptors (Lipinski definition) is 5. The fraction of sp³-hybridized carbons (Fsp3) is 0.818. The summed E-state index contributed by atoms with van der Waals surface area (Å²) in [5.41, 5.74) is 2.96. The molecule has 1 unspecified atom stereocenters. The standard InChI is InChI=1S/C44H68FN3O5S/c1-29(2)31-13-20-44(46-27-36(49)47-23-25-48(26-24-47)54(8,52)53)22-21-41(6)33(37(31)44)9-10-35-40(5)16-14-32(39(3,4)34(40)15-17-42(35,41)7)30-11-18-43(28-45,19-12-30)38(50)51/h11,14,31,33-35,37,46H,1,9-10,12-13,15-28H2,2-8H3,(H,50,51)/t31?,33-,34+,35-,37-,40+,41-,42-,43+,44+/m1/s1. The average molecular weight is 770 g/mol. The number of piperazine rings is 1. The zero-order chi connectivity index (χ0) is 39.3. The van der Waals surface area contributed by atoms with E-state index in [2.05, 4.69) is 65.6 Å². The highest BCUT2D eigenvalue weighted by Gasteiger charge is 2.70. The summed E-state index contributed by atoms with van der Waals surface area (Å²) in [6, 6.07) is 0. The highest BCUT2D eigenvalue weighted by Crippen LogP contribution is 2.76. The predicted molar refractivity (Wildman–Crippen MR) is 212 cm³/mol. The van der Waals surface area contributed by atoms with Crippen molar-refractivity contribution in [3.05, 3.63) is 35.5 Å². The molecule has 54 heavy (non-hydrogen) atoms. The lowest BCUT2D eigenvalue weighted by Crippen LogP contribution is -2.68. The number of carbonyl (C=O) groups is 2. The molecule has 10 atom stereocenters. The molecule has 0 aromatic rings. The zero-order valence-corrected chi connectivity index (χ0v) is 35.1. The van der Waals surface area contributed by atoms with Gasteiger partial charge in [0.05, 0.1) is 18.2 Å². The van der Waals surface area contributed by atoms with E-state index in [4.69, 9.17) is 0 Å². The van der Waals surface area contributed by atoms with E-state index < -0.39 is 28.1 Å².